The molecule has 18 heavy (non-hydrogen) atoms. The Bertz CT molecular complexity index is 453. The Morgan fingerprint density at radius 3 is 2.67 bits per heavy atom. The molecule has 0 amide bonds. The van der Waals surface area contributed by atoms with Crippen molar-refractivity contribution in [3.05, 3.63) is 17.7 Å². The van der Waals surface area contributed by atoms with Crippen molar-refractivity contribution in [3.8, 4) is 5.75 Å². The van der Waals surface area contributed by atoms with Crippen LogP contribution < -0.4 is 15.4 Å². The predicted molar refractivity (Wildman–Crippen MR) is 74.4 cm³/mol. The van der Waals surface area contributed by atoms with Crippen molar-refractivity contribution in [3.63, 3.8) is 0 Å². The number of benzene rings is 1. The molecular weight excluding hydrogens is 226 g/mol. The Hall–Kier alpha value is -1.42. The fourth-order valence-electron chi connectivity index (χ4n) is 2.82. The van der Waals surface area contributed by atoms with Crippen molar-refractivity contribution in [2.45, 2.75) is 19.4 Å². The molecule has 4 heteroatoms. The zero-order valence-electron chi connectivity index (χ0n) is 11.1. The second-order valence-electron chi connectivity index (χ2n) is 5.45. The topological polar surface area (TPSA) is 41.7 Å². The Kier molecular flexibility index (Phi) is 2.82. The smallest absolute Gasteiger partial charge is 0.146 e. The van der Waals surface area contributed by atoms with Gasteiger partial charge in [-0.15, -0.1) is 0 Å². The maximum absolute atomic E-state index is 6.02. The second kappa shape index (κ2) is 4.35. The summed E-state index contributed by atoms with van der Waals surface area (Å²) in [6.45, 7) is 6.40. The molecule has 0 aromatic heterocycles. The monoisotopic (exact) mass is 247 g/mol. The van der Waals surface area contributed by atoms with Crippen LogP contribution in [-0.2, 0) is 6.42 Å². The molecule has 2 aliphatic rings. The third-order valence-electron chi connectivity index (χ3n) is 3.84. The zero-order valence-corrected chi connectivity index (χ0v) is 11.1. The molecule has 2 N–H and O–H groups in total. The molecule has 0 spiro atoms. The lowest BCUT2D eigenvalue weighted by Crippen LogP contribution is -2.44. The van der Waals surface area contributed by atoms with Gasteiger partial charge in [-0.05, 0) is 26.1 Å². The molecule has 1 saturated heterocycles. The molecule has 1 aromatic rings. The van der Waals surface area contributed by atoms with E-state index in [4.69, 9.17) is 10.5 Å². The van der Waals surface area contributed by atoms with Crippen molar-refractivity contribution < 1.29 is 4.74 Å². The Morgan fingerprint density at radius 2 is 1.94 bits per heavy atom. The number of nitrogens with two attached hydrogens (primary N) is 1. The van der Waals surface area contributed by atoms with Crippen molar-refractivity contribution >= 4 is 11.4 Å². The summed E-state index contributed by atoms with van der Waals surface area (Å²) in [5.41, 5.74) is 9.31. The van der Waals surface area contributed by atoms with E-state index in [-0.39, 0.29) is 6.10 Å². The third-order valence-corrected chi connectivity index (χ3v) is 3.84. The fourth-order valence-corrected chi connectivity index (χ4v) is 2.82. The highest BCUT2D eigenvalue weighted by atomic mass is 16.5. The summed E-state index contributed by atoms with van der Waals surface area (Å²) in [6, 6.07) is 4.11. The summed E-state index contributed by atoms with van der Waals surface area (Å²) < 4.78 is 5.96. The maximum Gasteiger partial charge on any atom is 0.146 e. The standard InChI is InChI=1S/C14H21N3O/c1-10-7-11-8-12(15)9-13(14(11)18-10)17-5-3-16(2)4-6-17/h8-10H,3-7,15H2,1-2H3. The summed E-state index contributed by atoms with van der Waals surface area (Å²) in [5.74, 6) is 1.06. The quantitative estimate of drug-likeness (QED) is 0.761. The molecule has 2 aliphatic heterocycles. The summed E-state index contributed by atoms with van der Waals surface area (Å²) in [5, 5.41) is 0. The molecule has 1 aromatic carbocycles. The average molecular weight is 247 g/mol. The highest BCUT2D eigenvalue weighted by Crippen LogP contribution is 2.40. The van der Waals surface area contributed by atoms with E-state index in [1.54, 1.807) is 0 Å². The lowest BCUT2D eigenvalue weighted by Gasteiger charge is -2.34. The van der Waals surface area contributed by atoms with Gasteiger partial charge in [0.05, 0.1) is 5.69 Å². The van der Waals surface area contributed by atoms with Crippen LogP contribution in [0.2, 0.25) is 0 Å². The number of anilines is 2. The third kappa shape index (κ3) is 2.01. The zero-order chi connectivity index (χ0) is 12.7. The minimum atomic E-state index is 0.271. The number of rotatable bonds is 1. The highest BCUT2D eigenvalue weighted by Gasteiger charge is 2.26. The molecule has 2 heterocycles. The number of hydrogen-bond acceptors (Lipinski definition) is 4. The highest BCUT2D eigenvalue weighted by molar-refractivity contribution is 5.69. The SMILES string of the molecule is CC1Cc2cc(N)cc(N3CCN(C)CC3)c2O1. The molecule has 1 fully saturated rings. The first-order valence-corrected chi connectivity index (χ1v) is 6.66. The summed E-state index contributed by atoms with van der Waals surface area (Å²) in [7, 11) is 2.17. The number of piperazine rings is 1. The Balaban J connectivity index is 1.92. The van der Waals surface area contributed by atoms with Gasteiger partial charge in [0.15, 0.2) is 0 Å². The van der Waals surface area contributed by atoms with Crippen LogP contribution in [0.3, 0.4) is 0 Å². The van der Waals surface area contributed by atoms with E-state index in [0.29, 0.717) is 0 Å². The van der Waals surface area contributed by atoms with Crippen LogP contribution in [-0.4, -0.2) is 44.2 Å². The van der Waals surface area contributed by atoms with Gasteiger partial charge in [0.1, 0.15) is 11.9 Å². The van der Waals surface area contributed by atoms with E-state index in [0.717, 1.165) is 44.0 Å². The lowest BCUT2D eigenvalue weighted by atomic mass is 10.1. The van der Waals surface area contributed by atoms with Gasteiger partial charge in [0.25, 0.3) is 0 Å². The van der Waals surface area contributed by atoms with Gasteiger partial charge in [0, 0.05) is 43.9 Å². The molecule has 1 atom stereocenters. The van der Waals surface area contributed by atoms with Gasteiger partial charge in [0.2, 0.25) is 0 Å². The molecule has 0 aliphatic carbocycles. The van der Waals surface area contributed by atoms with Gasteiger partial charge in [-0.1, -0.05) is 0 Å². The number of nitrogens with zero attached hydrogens (tertiary/aromatic N) is 2. The molecule has 3 rings (SSSR count). The normalized spacial score (nSPS) is 23.9. The molecule has 0 saturated carbocycles. The first-order chi connectivity index (χ1) is 8.63. The Morgan fingerprint density at radius 1 is 1.22 bits per heavy atom. The lowest BCUT2D eigenvalue weighted by molar-refractivity contribution is 0.253. The number of likely N-dealkylation sites (N-methyl/N-ethyl adjacent to an activating group) is 1. The average Bonchev–Trinajstić information content (AvgIpc) is 2.69. The van der Waals surface area contributed by atoms with Crippen LogP contribution in [0.25, 0.3) is 0 Å². The molecule has 4 nitrogen and oxygen atoms in total. The van der Waals surface area contributed by atoms with Crippen molar-refractivity contribution in [1.82, 2.24) is 4.90 Å². The minimum absolute atomic E-state index is 0.271. The van der Waals surface area contributed by atoms with Gasteiger partial charge >= 0.3 is 0 Å². The van der Waals surface area contributed by atoms with E-state index < -0.39 is 0 Å². The summed E-state index contributed by atoms with van der Waals surface area (Å²) in [4.78, 5) is 4.75. The first-order valence-electron chi connectivity index (χ1n) is 6.66. The van der Waals surface area contributed by atoms with Crippen LogP contribution in [0.4, 0.5) is 11.4 Å². The largest absolute Gasteiger partial charge is 0.488 e. The van der Waals surface area contributed by atoms with E-state index in [1.807, 2.05) is 0 Å². The maximum atomic E-state index is 6.02. The number of fused-ring (bicyclic) bond motifs is 1. The van der Waals surface area contributed by atoms with Crippen molar-refractivity contribution in [2.24, 2.45) is 0 Å². The van der Waals surface area contributed by atoms with Crippen LogP contribution in [0, 0.1) is 0 Å². The Labute approximate surface area is 108 Å². The van der Waals surface area contributed by atoms with Gasteiger partial charge in [-0.2, -0.15) is 0 Å². The first kappa shape index (κ1) is 11.7. The van der Waals surface area contributed by atoms with Gasteiger partial charge in [-0.3, -0.25) is 0 Å². The molecular formula is C14H21N3O. The fraction of sp³-hybridized carbons (Fsp3) is 0.571. The minimum Gasteiger partial charge on any atom is -0.488 e. The number of ether oxygens (including phenoxy) is 1. The van der Waals surface area contributed by atoms with E-state index in [1.165, 1.54) is 11.3 Å². The predicted octanol–water partition coefficient (Wildman–Crippen LogP) is 1.34. The number of hydrogen-bond donors (Lipinski definition) is 1. The van der Waals surface area contributed by atoms with Gasteiger partial charge < -0.3 is 20.3 Å². The molecule has 0 radical (unpaired) electrons. The second-order valence-corrected chi connectivity index (χ2v) is 5.45. The van der Waals surface area contributed by atoms with Crippen LogP contribution in [0.5, 0.6) is 5.75 Å². The van der Waals surface area contributed by atoms with E-state index in [2.05, 4.69) is 35.9 Å². The van der Waals surface area contributed by atoms with E-state index in [9.17, 15) is 0 Å². The summed E-state index contributed by atoms with van der Waals surface area (Å²) >= 11 is 0. The van der Waals surface area contributed by atoms with Crippen molar-refractivity contribution in [1.29, 1.82) is 0 Å². The summed E-state index contributed by atoms with van der Waals surface area (Å²) in [6.07, 6.45) is 1.24. The van der Waals surface area contributed by atoms with E-state index >= 15 is 0 Å². The van der Waals surface area contributed by atoms with Crippen LogP contribution >= 0.6 is 0 Å². The molecule has 1 unspecified atom stereocenters. The molecule has 98 valence electrons. The number of nitrogen functional groups attached to an aromatic ring is 1. The van der Waals surface area contributed by atoms with Gasteiger partial charge in [-0.25, -0.2) is 0 Å². The van der Waals surface area contributed by atoms with Crippen molar-refractivity contribution in [2.75, 3.05) is 43.9 Å². The van der Waals surface area contributed by atoms with Crippen LogP contribution in [0.15, 0.2) is 12.1 Å². The van der Waals surface area contributed by atoms with Crippen LogP contribution in [0.1, 0.15) is 12.5 Å². The molecule has 0 bridgehead atoms.